The molecule has 16 heavy (non-hydrogen) atoms. The number of hydrogen-bond donors (Lipinski definition) is 2. The van der Waals surface area contributed by atoms with Crippen molar-refractivity contribution in [3.63, 3.8) is 0 Å². The molecule has 0 radical (unpaired) electrons. The molecule has 1 fully saturated rings. The first-order valence-electron chi connectivity index (χ1n) is 4.94. The van der Waals surface area contributed by atoms with Gasteiger partial charge in [0.25, 0.3) is 5.89 Å². The summed E-state index contributed by atoms with van der Waals surface area (Å²) < 4.78 is 27.3. The molecule has 8 heteroatoms. The normalized spacial score (nSPS) is 25.8. The van der Waals surface area contributed by atoms with Gasteiger partial charge in [0.2, 0.25) is 0 Å². The number of aromatic nitrogens is 2. The van der Waals surface area contributed by atoms with Gasteiger partial charge in [0.05, 0.1) is 11.5 Å². The maximum absolute atomic E-state index is 11.3. The molecule has 90 valence electrons. The lowest BCUT2D eigenvalue weighted by molar-refractivity contribution is 0.141. The summed E-state index contributed by atoms with van der Waals surface area (Å²) in [5, 5.41) is 13.0. The van der Waals surface area contributed by atoms with Gasteiger partial charge in [-0.2, -0.15) is 4.98 Å². The van der Waals surface area contributed by atoms with E-state index >= 15 is 0 Å². The molecule has 0 bridgehead atoms. The van der Waals surface area contributed by atoms with Gasteiger partial charge >= 0.3 is 0 Å². The predicted molar refractivity (Wildman–Crippen MR) is 54.3 cm³/mol. The minimum absolute atomic E-state index is 0.00933. The number of aliphatic hydroxyl groups is 1. The van der Waals surface area contributed by atoms with Gasteiger partial charge < -0.3 is 15.4 Å². The Morgan fingerprint density at radius 2 is 2.38 bits per heavy atom. The van der Waals surface area contributed by atoms with Crippen LogP contribution in [0.3, 0.4) is 0 Å². The third-order valence-electron chi connectivity index (χ3n) is 2.56. The van der Waals surface area contributed by atoms with Crippen molar-refractivity contribution in [2.24, 2.45) is 5.73 Å². The topological polar surface area (TPSA) is 119 Å². The number of aliphatic hydroxyl groups excluding tert-OH is 1. The van der Waals surface area contributed by atoms with E-state index in [9.17, 15) is 13.5 Å². The number of nitrogens with two attached hydrogens (primary N) is 1. The molecule has 1 aromatic rings. The highest BCUT2D eigenvalue weighted by atomic mass is 32.2. The van der Waals surface area contributed by atoms with Crippen LogP contribution >= 0.6 is 0 Å². The summed E-state index contributed by atoms with van der Waals surface area (Å²) in [6.45, 7) is -0.00933. The van der Waals surface area contributed by atoms with Gasteiger partial charge in [0.1, 0.15) is 6.10 Å². The van der Waals surface area contributed by atoms with E-state index in [-0.39, 0.29) is 29.9 Å². The minimum Gasteiger partial charge on any atom is -0.382 e. The molecule has 0 aliphatic carbocycles. The van der Waals surface area contributed by atoms with Crippen molar-refractivity contribution in [3.05, 3.63) is 11.7 Å². The van der Waals surface area contributed by atoms with E-state index in [0.29, 0.717) is 12.2 Å². The SMILES string of the molecule is NCC(O)c1nc(C2CCS(=O)(=O)C2)no1. The fourth-order valence-corrected chi connectivity index (χ4v) is 3.39. The van der Waals surface area contributed by atoms with Crippen molar-refractivity contribution in [1.29, 1.82) is 0 Å². The molecule has 1 saturated heterocycles. The van der Waals surface area contributed by atoms with Gasteiger partial charge in [-0.15, -0.1) is 0 Å². The highest BCUT2D eigenvalue weighted by Gasteiger charge is 2.32. The molecule has 0 aromatic carbocycles. The number of rotatable bonds is 3. The number of nitrogens with zero attached hydrogens (tertiary/aromatic N) is 2. The molecule has 3 N–H and O–H groups in total. The summed E-state index contributed by atoms with van der Waals surface area (Å²) in [6, 6.07) is 0. The van der Waals surface area contributed by atoms with Crippen LogP contribution in [0.25, 0.3) is 0 Å². The van der Waals surface area contributed by atoms with Crippen LogP contribution in [0.5, 0.6) is 0 Å². The van der Waals surface area contributed by atoms with Gasteiger partial charge in [-0.25, -0.2) is 8.42 Å². The van der Waals surface area contributed by atoms with Crippen LogP contribution in [-0.4, -0.2) is 41.7 Å². The number of sulfone groups is 1. The zero-order valence-electron chi connectivity index (χ0n) is 8.54. The molecule has 1 aliphatic rings. The Morgan fingerprint density at radius 3 is 2.94 bits per heavy atom. The Kier molecular flexibility index (Phi) is 2.96. The van der Waals surface area contributed by atoms with E-state index in [1.807, 2.05) is 0 Å². The first-order valence-corrected chi connectivity index (χ1v) is 6.76. The molecule has 2 rings (SSSR count). The second-order valence-corrected chi connectivity index (χ2v) is 6.07. The highest BCUT2D eigenvalue weighted by Crippen LogP contribution is 2.27. The zero-order chi connectivity index (χ0) is 11.8. The Bertz CT molecular complexity index is 469. The average Bonchev–Trinajstić information content (AvgIpc) is 2.83. The van der Waals surface area contributed by atoms with E-state index in [0.717, 1.165) is 0 Å². The van der Waals surface area contributed by atoms with E-state index < -0.39 is 15.9 Å². The fourth-order valence-electron chi connectivity index (χ4n) is 1.65. The van der Waals surface area contributed by atoms with Crippen molar-refractivity contribution >= 4 is 9.84 Å². The molecule has 2 atom stereocenters. The van der Waals surface area contributed by atoms with E-state index in [1.54, 1.807) is 0 Å². The van der Waals surface area contributed by atoms with E-state index in [4.69, 9.17) is 10.3 Å². The second-order valence-electron chi connectivity index (χ2n) is 3.84. The van der Waals surface area contributed by atoms with Gasteiger partial charge in [-0.3, -0.25) is 0 Å². The lowest BCUT2D eigenvalue weighted by Crippen LogP contribution is -2.12. The van der Waals surface area contributed by atoms with Crippen LogP contribution in [0.1, 0.15) is 30.2 Å². The molecular weight excluding hydrogens is 234 g/mol. The number of hydrogen-bond acceptors (Lipinski definition) is 7. The van der Waals surface area contributed by atoms with Crippen LogP contribution in [-0.2, 0) is 9.84 Å². The lowest BCUT2D eigenvalue weighted by Gasteiger charge is -2.00. The molecule has 0 spiro atoms. The predicted octanol–water partition coefficient (Wildman–Crippen LogP) is -1.04. The molecule has 1 aromatic heterocycles. The van der Waals surface area contributed by atoms with Gasteiger partial charge in [0, 0.05) is 12.5 Å². The quantitative estimate of drug-likeness (QED) is 0.700. The summed E-state index contributed by atoms with van der Waals surface area (Å²) in [5.74, 6) is 0.351. The van der Waals surface area contributed by atoms with Gasteiger partial charge in [-0.1, -0.05) is 5.16 Å². The maximum Gasteiger partial charge on any atom is 0.256 e. The Balaban J connectivity index is 2.14. The third kappa shape index (κ3) is 2.23. The van der Waals surface area contributed by atoms with E-state index in [1.165, 1.54) is 0 Å². The first kappa shape index (κ1) is 11.5. The van der Waals surface area contributed by atoms with Gasteiger partial charge in [-0.05, 0) is 6.42 Å². The molecule has 0 saturated carbocycles. The summed E-state index contributed by atoms with van der Waals surface area (Å²) in [7, 11) is -2.97. The first-order chi connectivity index (χ1) is 7.52. The minimum atomic E-state index is -2.97. The van der Waals surface area contributed by atoms with E-state index in [2.05, 4.69) is 10.1 Å². The second kappa shape index (κ2) is 4.11. The van der Waals surface area contributed by atoms with Gasteiger partial charge in [0.15, 0.2) is 15.7 Å². The monoisotopic (exact) mass is 247 g/mol. The maximum atomic E-state index is 11.3. The highest BCUT2D eigenvalue weighted by molar-refractivity contribution is 7.91. The summed E-state index contributed by atoms with van der Waals surface area (Å²) in [6.07, 6.45) is -0.487. The fraction of sp³-hybridized carbons (Fsp3) is 0.750. The van der Waals surface area contributed by atoms with Crippen LogP contribution < -0.4 is 5.73 Å². The Hall–Kier alpha value is -0.990. The van der Waals surface area contributed by atoms with Crippen molar-refractivity contribution in [2.75, 3.05) is 18.1 Å². The lowest BCUT2D eigenvalue weighted by atomic mass is 10.1. The molecule has 2 heterocycles. The molecule has 7 nitrogen and oxygen atoms in total. The van der Waals surface area contributed by atoms with Crippen LogP contribution in [0.2, 0.25) is 0 Å². The van der Waals surface area contributed by atoms with Crippen LogP contribution in [0, 0.1) is 0 Å². The molecule has 0 amide bonds. The molecule has 1 aliphatic heterocycles. The molecule has 2 unspecified atom stereocenters. The van der Waals surface area contributed by atoms with Crippen molar-refractivity contribution < 1.29 is 18.0 Å². The Labute approximate surface area is 92.6 Å². The van der Waals surface area contributed by atoms with Crippen molar-refractivity contribution in [3.8, 4) is 0 Å². The van der Waals surface area contributed by atoms with Crippen LogP contribution in [0.4, 0.5) is 0 Å². The van der Waals surface area contributed by atoms with Crippen molar-refractivity contribution in [1.82, 2.24) is 10.1 Å². The average molecular weight is 247 g/mol. The largest absolute Gasteiger partial charge is 0.382 e. The summed E-state index contributed by atoms with van der Waals surface area (Å²) >= 11 is 0. The zero-order valence-corrected chi connectivity index (χ0v) is 9.35. The molecular formula is C8H13N3O4S. The standard InChI is InChI=1S/C8H13N3O4S/c9-3-6(12)8-10-7(11-15-8)5-1-2-16(13,14)4-5/h5-6,12H,1-4,9H2. The Morgan fingerprint density at radius 1 is 1.62 bits per heavy atom. The summed E-state index contributed by atoms with van der Waals surface area (Å²) in [4.78, 5) is 3.96. The summed E-state index contributed by atoms with van der Waals surface area (Å²) in [5.41, 5.74) is 5.24. The van der Waals surface area contributed by atoms with Crippen molar-refractivity contribution in [2.45, 2.75) is 18.4 Å². The smallest absolute Gasteiger partial charge is 0.256 e. The van der Waals surface area contributed by atoms with Crippen LogP contribution in [0.15, 0.2) is 4.52 Å². The third-order valence-corrected chi connectivity index (χ3v) is 4.33.